The van der Waals surface area contributed by atoms with Crippen LogP contribution in [0.25, 0.3) is 16.5 Å². The minimum atomic E-state index is -0.412. The Labute approximate surface area is 107 Å². The van der Waals surface area contributed by atoms with Crippen LogP contribution in [0.1, 0.15) is 5.69 Å². The van der Waals surface area contributed by atoms with Crippen molar-refractivity contribution < 1.29 is 4.92 Å². The van der Waals surface area contributed by atoms with Crippen LogP contribution in [-0.4, -0.2) is 24.7 Å². The van der Waals surface area contributed by atoms with Crippen molar-refractivity contribution in [3.63, 3.8) is 0 Å². The van der Waals surface area contributed by atoms with E-state index in [1.807, 2.05) is 6.92 Å². The third-order valence-electron chi connectivity index (χ3n) is 2.85. The molecule has 19 heavy (non-hydrogen) atoms. The maximum absolute atomic E-state index is 11.0. The molecule has 0 aliphatic rings. The number of nitrogens with zero attached hydrogens (tertiary/aromatic N) is 5. The van der Waals surface area contributed by atoms with Gasteiger partial charge in [0.2, 0.25) is 0 Å². The minimum absolute atomic E-state index is 0.0337. The quantitative estimate of drug-likeness (QED) is 0.516. The fourth-order valence-corrected chi connectivity index (χ4v) is 2.00. The predicted molar refractivity (Wildman–Crippen MR) is 68.1 cm³/mol. The second-order valence-electron chi connectivity index (χ2n) is 4.07. The zero-order valence-electron chi connectivity index (χ0n) is 10.0. The first-order valence-electron chi connectivity index (χ1n) is 5.55. The number of pyridine rings is 1. The first-order chi connectivity index (χ1) is 9.16. The molecule has 7 heteroatoms. The molecule has 0 saturated heterocycles. The van der Waals surface area contributed by atoms with E-state index in [4.69, 9.17) is 0 Å². The van der Waals surface area contributed by atoms with Gasteiger partial charge < -0.3 is 0 Å². The van der Waals surface area contributed by atoms with E-state index in [-0.39, 0.29) is 5.69 Å². The van der Waals surface area contributed by atoms with E-state index in [0.717, 1.165) is 16.8 Å². The Kier molecular flexibility index (Phi) is 2.45. The topological polar surface area (TPSA) is 86.7 Å². The lowest BCUT2D eigenvalue weighted by Gasteiger charge is -2.07. The van der Waals surface area contributed by atoms with Gasteiger partial charge >= 0.3 is 0 Å². The summed E-state index contributed by atoms with van der Waals surface area (Å²) in [7, 11) is 0. The SMILES string of the molecule is Cc1cc2c(-n3cncn3)ccc([N+](=O)[O-])c2cn1. The van der Waals surface area contributed by atoms with Crippen molar-refractivity contribution in [3.05, 3.63) is 52.9 Å². The maximum atomic E-state index is 11.0. The normalized spacial score (nSPS) is 10.8. The number of fused-ring (bicyclic) bond motifs is 1. The molecule has 2 aromatic heterocycles. The summed E-state index contributed by atoms with van der Waals surface area (Å²) >= 11 is 0. The number of aryl methyl sites for hydroxylation is 1. The number of nitro groups is 1. The Bertz CT molecular complexity index is 767. The highest BCUT2D eigenvalue weighted by molar-refractivity contribution is 5.96. The largest absolute Gasteiger partial charge is 0.278 e. The van der Waals surface area contributed by atoms with Crippen molar-refractivity contribution >= 4 is 16.5 Å². The molecule has 0 fully saturated rings. The number of non-ortho nitro benzene ring substituents is 1. The lowest BCUT2D eigenvalue weighted by atomic mass is 10.1. The first kappa shape index (κ1) is 11.3. The summed E-state index contributed by atoms with van der Waals surface area (Å²) in [6.07, 6.45) is 4.49. The van der Waals surface area contributed by atoms with Gasteiger partial charge in [0.25, 0.3) is 5.69 Å². The molecule has 0 aliphatic heterocycles. The van der Waals surface area contributed by atoms with Crippen LogP contribution in [0.2, 0.25) is 0 Å². The molecular formula is C12H9N5O2. The van der Waals surface area contributed by atoms with Crippen LogP contribution in [0.3, 0.4) is 0 Å². The molecule has 0 N–H and O–H groups in total. The van der Waals surface area contributed by atoms with Crippen molar-refractivity contribution in [3.8, 4) is 5.69 Å². The van der Waals surface area contributed by atoms with Gasteiger partial charge in [0, 0.05) is 23.3 Å². The number of benzene rings is 1. The Hall–Kier alpha value is -2.83. The Morgan fingerprint density at radius 2 is 2.16 bits per heavy atom. The van der Waals surface area contributed by atoms with E-state index in [1.165, 1.54) is 18.6 Å². The number of hydrogen-bond acceptors (Lipinski definition) is 5. The number of nitro benzene ring substituents is 1. The smallest absolute Gasteiger partial charge is 0.261 e. The molecule has 0 bridgehead atoms. The summed E-state index contributed by atoms with van der Waals surface area (Å²) in [5.41, 5.74) is 1.56. The molecule has 7 nitrogen and oxygen atoms in total. The highest BCUT2D eigenvalue weighted by Crippen LogP contribution is 2.29. The van der Waals surface area contributed by atoms with Crippen LogP contribution in [0.15, 0.2) is 37.1 Å². The molecule has 0 radical (unpaired) electrons. The van der Waals surface area contributed by atoms with E-state index in [0.29, 0.717) is 5.39 Å². The molecular weight excluding hydrogens is 246 g/mol. The predicted octanol–water partition coefficient (Wildman–Crippen LogP) is 2.03. The molecule has 2 heterocycles. The van der Waals surface area contributed by atoms with Gasteiger partial charge in [-0.3, -0.25) is 15.1 Å². The van der Waals surface area contributed by atoms with Crippen molar-refractivity contribution in [2.24, 2.45) is 0 Å². The number of aromatic nitrogens is 4. The van der Waals surface area contributed by atoms with Gasteiger partial charge in [-0.15, -0.1) is 0 Å². The molecule has 0 amide bonds. The fraction of sp³-hybridized carbons (Fsp3) is 0.0833. The molecule has 0 atom stereocenters. The van der Waals surface area contributed by atoms with E-state index in [2.05, 4.69) is 15.1 Å². The molecule has 0 aliphatic carbocycles. The average Bonchev–Trinajstić information content (AvgIpc) is 2.90. The van der Waals surface area contributed by atoms with Crippen LogP contribution >= 0.6 is 0 Å². The van der Waals surface area contributed by atoms with Crippen molar-refractivity contribution in [2.45, 2.75) is 6.92 Å². The molecule has 3 rings (SSSR count). The molecule has 1 aromatic carbocycles. The summed E-state index contributed by atoms with van der Waals surface area (Å²) in [5, 5.41) is 16.3. The van der Waals surface area contributed by atoms with E-state index in [9.17, 15) is 10.1 Å². The van der Waals surface area contributed by atoms with Crippen LogP contribution in [-0.2, 0) is 0 Å². The van der Waals surface area contributed by atoms with Crippen LogP contribution in [0.5, 0.6) is 0 Å². The summed E-state index contributed by atoms with van der Waals surface area (Å²) in [4.78, 5) is 18.6. The van der Waals surface area contributed by atoms with Crippen LogP contribution in [0, 0.1) is 17.0 Å². The molecule has 0 unspecified atom stereocenters. The summed E-state index contributed by atoms with van der Waals surface area (Å²) < 4.78 is 1.57. The van der Waals surface area contributed by atoms with Crippen molar-refractivity contribution in [2.75, 3.05) is 0 Å². The highest BCUT2D eigenvalue weighted by atomic mass is 16.6. The Morgan fingerprint density at radius 1 is 1.32 bits per heavy atom. The lowest BCUT2D eigenvalue weighted by molar-refractivity contribution is -0.383. The van der Waals surface area contributed by atoms with E-state index >= 15 is 0 Å². The van der Waals surface area contributed by atoms with Crippen LogP contribution < -0.4 is 0 Å². The van der Waals surface area contributed by atoms with E-state index < -0.39 is 4.92 Å². The van der Waals surface area contributed by atoms with Gasteiger partial charge in [-0.25, -0.2) is 9.67 Å². The van der Waals surface area contributed by atoms with Gasteiger partial charge in [0.05, 0.1) is 16.0 Å². The van der Waals surface area contributed by atoms with Gasteiger partial charge in [0.1, 0.15) is 12.7 Å². The summed E-state index contributed by atoms with van der Waals surface area (Å²) in [6, 6.07) is 4.92. The van der Waals surface area contributed by atoms with Gasteiger partial charge in [-0.05, 0) is 19.1 Å². The molecule has 3 aromatic rings. The minimum Gasteiger partial charge on any atom is -0.261 e. The fourth-order valence-electron chi connectivity index (χ4n) is 2.00. The Morgan fingerprint density at radius 3 is 2.84 bits per heavy atom. The standard InChI is InChI=1S/C12H9N5O2/c1-8-4-9-10(5-14-8)12(17(18)19)3-2-11(9)16-7-13-6-15-16/h2-7H,1H3. The number of rotatable bonds is 2. The third-order valence-corrected chi connectivity index (χ3v) is 2.85. The first-order valence-corrected chi connectivity index (χ1v) is 5.55. The zero-order chi connectivity index (χ0) is 13.4. The third kappa shape index (κ3) is 1.81. The molecule has 94 valence electrons. The average molecular weight is 255 g/mol. The van der Waals surface area contributed by atoms with Gasteiger partial charge in [0.15, 0.2) is 0 Å². The highest BCUT2D eigenvalue weighted by Gasteiger charge is 2.16. The summed E-state index contributed by atoms with van der Waals surface area (Å²) in [6.45, 7) is 1.84. The Balaban J connectivity index is 2.39. The molecule has 0 spiro atoms. The maximum Gasteiger partial charge on any atom is 0.278 e. The van der Waals surface area contributed by atoms with Crippen molar-refractivity contribution in [1.82, 2.24) is 19.7 Å². The zero-order valence-corrected chi connectivity index (χ0v) is 10.0. The molecule has 0 saturated carbocycles. The van der Waals surface area contributed by atoms with Gasteiger partial charge in [-0.2, -0.15) is 5.10 Å². The van der Waals surface area contributed by atoms with Gasteiger partial charge in [-0.1, -0.05) is 0 Å². The monoisotopic (exact) mass is 255 g/mol. The van der Waals surface area contributed by atoms with E-state index in [1.54, 1.807) is 23.1 Å². The second kappa shape index (κ2) is 4.13. The number of hydrogen-bond donors (Lipinski definition) is 0. The second-order valence-corrected chi connectivity index (χ2v) is 4.07. The summed E-state index contributed by atoms with van der Waals surface area (Å²) in [5.74, 6) is 0. The lowest BCUT2D eigenvalue weighted by Crippen LogP contribution is -1.99. The van der Waals surface area contributed by atoms with Crippen LogP contribution in [0.4, 0.5) is 5.69 Å². The van der Waals surface area contributed by atoms with Crippen molar-refractivity contribution in [1.29, 1.82) is 0 Å².